The summed E-state index contributed by atoms with van der Waals surface area (Å²) in [6.45, 7) is 2.37. The van der Waals surface area contributed by atoms with E-state index in [1.807, 2.05) is 0 Å². The van der Waals surface area contributed by atoms with Crippen LogP contribution in [0.3, 0.4) is 0 Å². The van der Waals surface area contributed by atoms with Crippen LogP contribution in [0.25, 0.3) is 0 Å². The minimum Gasteiger partial charge on any atom is -0.491 e. The maximum absolute atomic E-state index is 10.7. The van der Waals surface area contributed by atoms with Gasteiger partial charge in [0.15, 0.2) is 0 Å². The van der Waals surface area contributed by atoms with E-state index in [0.717, 1.165) is 21.7 Å². The summed E-state index contributed by atoms with van der Waals surface area (Å²) >= 11 is 6.76. The van der Waals surface area contributed by atoms with Crippen molar-refractivity contribution < 1.29 is 19.0 Å². The van der Waals surface area contributed by atoms with Crippen LogP contribution in [0.15, 0.2) is 21.1 Å². The molecule has 0 saturated heterocycles. The lowest BCUT2D eigenvalue weighted by atomic mass is 10.2. The molecule has 0 radical (unpaired) electrons. The molecule has 106 valence electrons. The van der Waals surface area contributed by atoms with E-state index >= 15 is 0 Å². The minimum atomic E-state index is 0.546. The van der Waals surface area contributed by atoms with Crippen LogP contribution < -0.4 is 4.74 Å². The van der Waals surface area contributed by atoms with Crippen molar-refractivity contribution in [3.05, 3.63) is 26.6 Å². The summed E-state index contributed by atoms with van der Waals surface area (Å²) in [5.41, 5.74) is 0.592. The average molecular weight is 396 g/mol. The van der Waals surface area contributed by atoms with Crippen molar-refractivity contribution >= 4 is 38.1 Å². The van der Waals surface area contributed by atoms with Crippen LogP contribution in [-0.2, 0) is 9.47 Å². The number of carbonyl (C=O) groups is 1. The van der Waals surface area contributed by atoms with Crippen LogP contribution in [0.4, 0.5) is 0 Å². The summed E-state index contributed by atoms with van der Waals surface area (Å²) in [5.74, 6) is 0.697. The second-order valence-corrected chi connectivity index (χ2v) is 5.45. The molecule has 0 aliphatic carbocycles. The van der Waals surface area contributed by atoms with E-state index in [1.165, 1.54) is 0 Å². The first-order valence-corrected chi connectivity index (χ1v) is 7.41. The quantitative estimate of drug-likeness (QED) is 0.474. The van der Waals surface area contributed by atoms with Crippen LogP contribution in [-0.4, -0.2) is 39.8 Å². The van der Waals surface area contributed by atoms with Crippen molar-refractivity contribution in [3.63, 3.8) is 0 Å². The summed E-state index contributed by atoms with van der Waals surface area (Å²) in [4.78, 5) is 10.7. The summed E-state index contributed by atoms with van der Waals surface area (Å²) in [6, 6.07) is 3.45. The third kappa shape index (κ3) is 6.03. The molecule has 0 aliphatic rings. The van der Waals surface area contributed by atoms with Gasteiger partial charge in [0, 0.05) is 25.7 Å². The van der Waals surface area contributed by atoms with Gasteiger partial charge in [-0.3, -0.25) is 4.79 Å². The Morgan fingerprint density at radius 2 is 1.79 bits per heavy atom. The fourth-order valence-corrected chi connectivity index (χ4v) is 2.82. The first-order chi connectivity index (χ1) is 9.19. The lowest BCUT2D eigenvalue weighted by molar-refractivity contribution is 0.0643. The third-order valence-corrected chi connectivity index (χ3v) is 3.45. The molecule has 0 N–H and O–H groups in total. The number of carbonyl (C=O) groups excluding carboxylic acids is 1. The molecule has 0 fully saturated rings. The van der Waals surface area contributed by atoms with Crippen molar-refractivity contribution in [1.82, 2.24) is 0 Å². The maximum Gasteiger partial charge on any atom is 0.150 e. The molecule has 0 unspecified atom stereocenters. The molecule has 0 heterocycles. The van der Waals surface area contributed by atoms with Gasteiger partial charge in [0.05, 0.1) is 28.8 Å². The van der Waals surface area contributed by atoms with Crippen molar-refractivity contribution in [3.8, 4) is 5.75 Å². The largest absolute Gasteiger partial charge is 0.491 e. The Morgan fingerprint density at radius 1 is 1.11 bits per heavy atom. The van der Waals surface area contributed by atoms with E-state index in [4.69, 9.17) is 14.2 Å². The topological polar surface area (TPSA) is 44.8 Å². The zero-order valence-corrected chi connectivity index (χ0v) is 13.8. The fraction of sp³-hybridized carbons (Fsp3) is 0.462. The highest BCUT2D eigenvalue weighted by atomic mass is 79.9. The molecule has 0 atom stereocenters. The fourth-order valence-electron chi connectivity index (χ4n) is 1.36. The van der Waals surface area contributed by atoms with Gasteiger partial charge in [-0.05, 0) is 44.0 Å². The number of halogens is 2. The molecule has 0 amide bonds. The van der Waals surface area contributed by atoms with E-state index in [0.29, 0.717) is 37.7 Å². The zero-order chi connectivity index (χ0) is 14.1. The number of aldehydes is 1. The van der Waals surface area contributed by atoms with Gasteiger partial charge in [0.25, 0.3) is 0 Å². The van der Waals surface area contributed by atoms with Crippen LogP contribution in [0.5, 0.6) is 5.75 Å². The molecule has 6 heteroatoms. The average Bonchev–Trinajstić information content (AvgIpc) is 2.40. The van der Waals surface area contributed by atoms with Gasteiger partial charge in [-0.2, -0.15) is 0 Å². The molecule has 1 rings (SSSR count). The summed E-state index contributed by atoms with van der Waals surface area (Å²) < 4.78 is 17.4. The predicted octanol–water partition coefficient (Wildman–Crippen LogP) is 3.46. The van der Waals surface area contributed by atoms with Gasteiger partial charge < -0.3 is 14.2 Å². The lowest BCUT2D eigenvalue weighted by Gasteiger charge is -2.11. The van der Waals surface area contributed by atoms with Gasteiger partial charge in [-0.25, -0.2) is 0 Å². The van der Waals surface area contributed by atoms with Gasteiger partial charge in [-0.15, -0.1) is 0 Å². The smallest absolute Gasteiger partial charge is 0.150 e. The van der Waals surface area contributed by atoms with Gasteiger partial charge in [0.1, 0.15) is 12.0 Å². The molecule has 0 aliphatic heterocycles. The first kappa shape index (κ1) is 16.6. The standard InChI is InChI=1S/C13H16Br2O4/c1-17-5-6-18-3-2-4-19-13-11(14)7-10(9-16)8-12(13)15/h7-9H,2-6H2,1H3. The highest BCUT2D eigenvalue weighted by Crippen LogP contribution is 2.34. The number of methoxy groups -OCH3 is 1. The van der Waals surface area contributed by atoms with Crippen molar-refractivity contribution in [2.45, 2.75) is 6.42 Å². The van der Waals surface area contributed by atoms with E-state index in [9.17, 15) is 4.79 Å². The second-order valence-electron chi connectivity index (χ2n) is 3.74. The second kappa shape index (κ2) is 9.47. The Morgan fingerprint density at radius 3 is 2.37 bits per heavy atom. The van der Waals surface area contributed by atoms with Crippen LogP contribution in [0.1, 0.15) is 16.8 Å². The maximum atomic E-state index is 10.7. The number of ether oxygens (including phenoxy) is 3. The Kier molecular flexibility index (Phi) is 8.29. The van der Waals surface area contributed by atoms with Crippen LogP contribution in [0.2, 0.25) is 0 Å². The van der Waals surface area contributed by atoms with Crippen LogP contribution >= 0.6 is 31.9 Å². The lowest BCUT2D eigenvalue weighted by Crippen LogP contribution is -2.07. The molecular weight excluding hydrogens is 380 g/mol. The SMILES string of the molecule is COCCOCCCOc1c(Br)cc(C=O)cc1Br. The molecule has 4 nitrogen and oxygen atoms in total. The Balaban J connectivity index is 2.35. The van der Waals surface area contributed by atoms with Gasteiger partial charge >= 0.3 is 0 Å². The number of benzene rings is 1. The molecule has 0 aromatic heterocycles. The van der Waals surface area contributed by atoms with Crippen molar-refractivity contribution in [1.29, 1.82) is 0 Å². The van der Waals surface area contributed by atoms with E-state index in [2.05, 4.69) is 31.9 Å². The highest BCUT2D eigenvalue weighted by molar-refractivity contribution is 9.11. The third-order valence-electron chi connectivity index (χ3n) is 2.27. The zero-order valence-electron chi connectivity index (χ0n) is 10.7. The number of hydrogen-bond donors (Lipinski definition) is 0. The summed E-state index contributed by atoms with van der Waals surface area (Å²) in [7, 11) is 1.64. The molecule has 0 spiro atoms. The minimum absolute atomic E-state index is 0.546. The molecule has 0 bridgehead atoms. The van der Waals surface area contributed by atoms with Crippen LogP contribution in [0, 0.1) is 0 Å². The van der Waals surface area contributed by atoms with E-state index in [1.54, 1.807) is 19.2 Å². The molecule has 1 aromatic rings. The number of rotatable bonds is 9. The van der Waals surface area contributed by atoms with E-state index in [-0.39, 0.29) is 0 Å². The van der Waals surface area contributed by atoms with Crippen molar-refractivity contribution in [2.75, 3.05) is 33.5 Å². The summed E-state index contributed by atoms with van der Waals surface area (Å²) in [5, 5.41) is 0. The Hall–Kier alpha value is -0.430. The van der Waals surface area contributed by atoms with Crippen molar-refractivity contribution in [2.24, 2.45) is 0 Å². The molecule has 0 saturated carbocycles. The normalized spacial score (nSPS) is 10.5. The molecule has 19 heavy (non-hydrogen) atoms. The molecular formula is C13H16Br2O4. The van der Waals surface area contributed by atoms with E-state index < -0.39 is 0 Å². The van der Waals surface area contributed by atoms with Gasteiger partial charge in [-0.1, -0.05) is 0 Å². The summed E-state index contributed by atoms with van der Waals surface area (Å²) in [6.07, 6.45) is 1.58. The predicted molar refractivity (Wildman–Crippen MR) is 80.0 cm³/mol. The Labute approximate surface area is 129 Å². The molecule has 1 aromatic carbocycles. The highest BCUT2D eigenvalue weighted by Gasteiger charge is 2.08. The van der Waals surface area contributed by atoms with Gasteiger partial charge in [0.2, 0.25) is 0 Å². The monoisotopic (exact) mass is 394 g/mol. The number of hydrogen-bond acceptors (Lipinski definition) is 4. The Bertz CT molecular complexity index is 387. The first-order valence-electron chi connectivity index (χ1n) is 5.82.